The summed E-state index contributed by atoms with van der Waals surface area (Å²) in [4.78, 5) is 25.2. The van der Waals surface area contributed by atoms with Gasteiger partial charge in [0, 0.05) is 12.8 Å². The van der Waals surface area contributed by atoms with Gasteiger partial charge in [-0.3, -0.25) is 9.59 Å². The summed E-state index contributed by atoms with van der Waals surface area (Å²) in [5.74, 6) is -0.811. The van der Waals surface area contributed by atoms with E-state index < -0.39 is 49.4 Å². The lowest BCUT2D eigenvalue weighted by atomic mass is 9.99. The van der Waals surface area contributed by atoms with Crippen LogP contribution in [0.2, 0.25) is 0 Å². The summed E-state index contributed by atoms with van der Waals surface area (Å²) in [5.41, 5.74) is 0. The first-order valence-electron chi connectivity index (χ1n) is 20.8. The van der Waals surface area contributed by atoms with Crippen LogP contribution >= 0.6 is 0 Å². The van der Waals surface area contributed by atoms with Crippen molar-refractivity contribution in [1.82, 2.24) is 0 Å². The molecule has 0 bridgehead atoms. The molecule has 1 rings (SSSR count). The first-order valence-corrected chi connectivity index (χ1v) is 20.8. The number of hydrogen-bond donors (Lipinski definition) is 4. The molecule has 1 saturated heterocycles. The Morgan fingerprint density at radius 1 is 0.588 bits per heavy atom. The fourth-order valence-electron chi connectivity index (χ4n) is 6.30. The van der Waals surface area contributed by atoms with E-state index in [4.69, 9.17) is 18.9 Å². The molecule has 0 amide bonds. The molecule has 1 fully saturated rings. The molecule has 0 aliphatic carbocycles. The summed E-state index contributed by atoms with van der Waals surface area (Å²) in [7, 11) is 0. The van der Waals surface area contributed by atoms with E-state index in [9.17, 15) is 30.0 Å². The second-order valence-electron chi connectivity index (χ2n) is 14.4. The molecule has 1 aliphatic heterocycles. The highest BCUT2D eigenvalue weighted by molar-refractivity contribution is 5.70. The van der Waals surface area contributed by atoms with Gasteiger partial charge in [0.05, 0.1) is 13.2 Å². The molecule has 2 unspecified atom stereocenters. The lowest BCUT2D eigenvalue weighted by molar-refractivity contribution is -0.305. The van der Waals surface area contributed by atoms with Crippen molar-refractivity contribution < 1.29 is 49.0 Å². The van der Waals surface area contributed by atoms with Crippen molar-refractivity contribution in [1.29, 1.82) is 0 Å². The van der Waals surface area contributed by atoms with Crippen LogP contribution in [-0.2, 0) is 28.5 Å². The standard InChI is InChI=1S/C41H76O10/c1-3-5-7-9-11-13-15-17-19-21-23-25-27-29-36(43)48-32-34(33-49-41-40(47)39(46)38(45)35(31-42)51-41)50-37(44)30-28-26-24-22-20-18-16-14-12-10-8-6-4-2/h13,15,34-35,38-42,45-47H,3-12,14,16-33H2,1-2H3/b15-13+/t34-,35-,38+,39?,40?,41-/m0/s1. The Morgan fingerprint density at radius 3 is 1.55 bits per heavy atom. The van der Waals surface area contributed by atoms with Crippen molar-refractivity contribution in [3.05, 3.63) is 12.2 Å². The average molecular weight is 729 g/mol. The number of unbranched alkanes of at least 4 members (excludes halogenated alkanes) is 21. The topological polar surface area (TPSA) is 152 Å². The van der Waals surface area contributed by atoms with Gasteiger partial charge in [0.2, 0.25) is 0 Å². The molecule has 0 aromatic heterocycles. The van der Waals surface area contributed by atoms with Gasteiger partial charge in [0.1, 0.15) is 31.0 Å². The zero-order valence-electron chi connectivity index (χ0n) is 32.4. The second kappa shape index (κ2) is 33.0. The van der Waals surface area contributed by atoms with E-state index in [2.05, 4.69) is 26.0 Å². The largest absolute Gasteiger partial charge is 0.462 e. The highest BCUT2D eigenvalue weighted by atomic mass is 16.7. The number of aliphatic hydroxyl groups is 4. The maximum Gasteiger partial charge on any atom is 0.306 e. The average Bonchev–Trinajstić information content (AvgIpc) is 3.13. The minimum Gasteiger partial charge on any atom is -0.462 e. The number of ether oxygens (including phenoxy) is 4. The number of carbonyl (C=O) groups is 2. The van der Waals surface area contributed by atoms with Crippen molar-refractivity contribution in [3.8, 4) is 0 Å². The van der Waals surface area contributed by atoms with Crippen LogP contribution in [-0.4, -0.2) is 89.0 Å². The predicted octanol–water partition coefficient (Wildman–Crippen LogP) is 8.00. The normalized spacial score (nSPS) is 21.3. The number of allylic oxidation sites excluding steroid dienone is 2. The van der Waals surface area contributed by atoms with Crippen molar-refractivity contribution in [2.45, 2.75) is 218 Å². The van der Waals surface area contributed by atoms with Crippen LogP contribution in [0.25, 0.3) is 0 Å². The van der Waals surface area contributed by atoms with Crippen LogP contribution in [0.1, 0.15) is 181 Å². The molecule has 300 valence electrons. The van der Waals surface area contributed by atoms with E-state index in [1.54, 1.807) is 0 Å². The van der Waals surface area contributed by atoms with Crippen molar-refractivity contribution in [3.63, 3.8) is 0 Å². The summed E-state index contributed by atoms with van der Waals surface area (Å²) in [6, 6.07) is 0. The fourth-order valence-corrected chi connectivity index (χ4v) is 6.30. The van der Waals surface area contributed by atoms with Crippen LogP contribution in [0.4, 0.5) is 0 Å². The lowest BCUT2D eigenvalue weighted by Gasteiger charge is -2.39. The zero-order chi connectivity index (χ0) is 37.4. The second-order valence-corrected chi connectivity index (χ2v) is 14.4. The molecule has 0 radical (unpaired) electrons. The molecular formula is C41H76O10. The Kier molecular flexibility index (Phi) is 30.7. The van der Waals surface area contributed by atoms with E-state index in [1.165, 1.54) is 89.9 Å². The monoisotopic (exact) mass is 729 g/mol. The van der Waals surface area contributed by atoms with Crippen molar-refractivity contribution in [2.75, 3.05) is 19.8 Å². The van der Waals surface area contributed by atoms with Gasteiger partial charge in [-0.15, -0.1) is 0 Å². The molecular weight excluding hydrogens is 652 g/mol. The summed E-state index contributed by atoms with van der Waals surface area (Å²) in [6.07, 6.45) is 25.0. The third-order valence-electron chi connectivity index (χ3n) is 9.65. The molecule has 0 aromatic rings. The Hall–Kier alpha value is -1.56. The van der Waals surface area contributed by atoms with Gasteiger partial charge in [0.25, 0.3) is 0 Å². The Bertz CT molecular complexity index is 850. The quantitative estimate of drug-likeness (QED) is 0.0291. The number of rotatable bonds is 34. The summed E-state index contributed by atoms with van der Waals surface area (Å²) in [6.45, 7) is 3.39. The van der Waals surface area contributed by atoms with Gasteiger partial charge in [-0.05, 0) is 38.5 Å². The van der Waals surface area contributed by atoms with E-state index in [-0.39, 0.29) is 32.0 Å². The fraction of sp³-hybridized carbons (Fsp3) is 0.902. The Morgan fingerprint density at radius 2 is 1.04 bits per heavy atom. The highest BCUT2D eigenvalue weighted by Crippen LogP contribution is 2.22. The molecule has 6 atom stereocenters. The van der Waals surface area contributed by atoms with Crippen LogP contribution < -0.4 is 0 Å². The number of esters is 2. The maximum atomic E-state index is 12.7. The van der Waals surface area contributed by atoms with Crippen LogP contribution in [0, 0.1) is 0 Å². The van der Waals surface area contributed by atoms with Gasteiger partial charge in [-0.2, -0.15) is 0 Å². The summed E-state index contributed by atoms with van der Waals surface area (Å²) in [5, 5.41) is 39.9. The minimum absolute atomic E-state index is 0.217. The van der Waals surface area contributed by atoms with Crippen molar-refractivity contribution >= 4 is 11.9 Å². The molecule has 51 heavy (non-hydrogen) atoms. The van der Waals surface area contributed by atoms with Gasteiger partial charge in [0.15, 0.2) is 12.4 Å². The first-order chi connectivity index (χ1) is 24.8. The minimum atomic E-state index is -1.59. The van der Waals surface area contributed by atoms with Gasteiger partial charge < -0.3 is 39.4 Å². The Balaban J connectivity index is 2.37. The maximum absolute atomic E-state index is 12.7. The summed E-state index contributed by atoms with van der Waals surface area (Å²) >= 11 is 0. The third kappa shape index (κ3) is 25.2. The predicted molar refractivity (Wildman–Crippen MR) is 201 cm³/mol. The van der Waals surface area contributed by atoms with E-state index >= 15 is 0 Å². The highest BCUT2D eigenvalue weighted by Gasteiger charge is 2.44. The first kappa shape index (κ1) is 47.5. The molecule has 10 heteroatoms. The van der Waals surface area contributed by atoms with Gasteiger partial charge in [-0.25, -0.2) is 0 Å². The molecule has 4 N–H and O–H groups in total. The number of carbonyl (C=O) groups excluding carboxylic acids is 2. The molecule has 10 nitrogen and oxygen atoms in total. The number of hydrogen-bond acceptors (Lipinski definition) is 10. The zero-order valence-corrected chi connectivity index (χ0v) is 32.4. The van der Waals surface area contributed by atoms with Crippen molar-refractivity contribution in [2.24, 2.45) is 0 Å². The Labute approximate surface area is 310 Å². The number of aliphatic hydroxyl groups excluding tert-OH is 4. The lowest BCUT2D eigenvalue weighted by Crippen LogP contribution is -2.59. The van der Waals surface area contributed by atoms with Crippen LogP contribution in [0.15, 0.2) is 12.2 Å². The molecule has 0 aromatic carbocycles. The third-order valence-corrected chi connectivity index (χ3v) is 9.65. The van der Waals surface area contributed by atoms with E-state index in [0.717, 1.165) is 57.8 Å². The van der Waals surface area contributed by atoms with Crippen LogP contribution in [0.5, 0.6) is 0 Å². The van der Waals surface area contributed by atoms with Gasteiger partial charge >= 0.3 is 11.9 Å². The summed E-state index contributed by atoms with van der Waals surface area (Å²) < 4.78 is 22.1. The molecule has 1 aliphatic rings. The van der Waals surface area contributed by atoms with Crippen LogP contribution in [0.3, 0.4) is 0 Å². The molecule has 0 saturated carbocycles. The van der Waals surface area contributed by atoms with E-state index in [0.29, 0.717) is 6.42 Å². The molecule has 0 spiro atoms. The molecule has 1 heterocycles. The van der Waals surface area contributed by atoms with Gasteiger partial charge in [-0.1, -0.05) is 142 Å². The smallest absolute Gasteiger partial charge is 0.306 e. The SMILES string of the molecule is CCCCCC/C=C/CCCCCCCC(=O)OC[C@@H](CO[C@H]1O[C@@H](CO)[C@@H](O)C(O)C1O)OC(=O)CCCCCCCCCCCCCCC. The van der Waals surface area contributed by atoms with E-state index in [1.807, 2.05) is 0 Å².